The van der Waals surface area contributed by atoms with Crippen LogP contribution < -0.4 is 0 Å². The lowest BCUT2D eigenvalue weighted by Crippen LogP contribution is -2.62. The van der Waals surface area contributed by atoms with Crippen molar-refractivity contribution in [3.63, 3.8) is 0 Å². The molecular weight excluding hydrogens is 732 g/mol. The van der Waals surface area contributed by atoms with Gasteiger partial charge in [0.2, 0.25) is 0 Å². The van der Waals surface area contributed by atoms with Gasteiger partial charge >= 0.3 is 0 Å². The number of aliphatic hydroxyl groups excluding tert-OH is 6. The molecule has 0 radical (unpaired) electrons. The van der Waals surface area contributed by atoms with E-state index in [4.69, 9.17) is 37.9 Å². The van der Waals surface area contributed by atoms with Gasteiger partial charge in [-0.2, -0.15) is 0 Å². The normalized spacial score (nSPS) is 55.2. The Kier molecular flexibility index (Phi) is 12.8. The Morgan fingerprint density at radius 1 is 0.732 bits per heavy atom. The number of rotatable bonds is 10. The van der Waals surface area contributed by atoms with E-state index in [9.17, 15) is 35.7 Å². The van der Waals surface area contributed by atoms with Gasteiger partial charge in [0.25, 0.3) is 0 Å². The molecular formula is C41H68O15. The molecule has 0 aromatic rings. The maximum atomic E-state index is 12.7. The van der Waals surface area contributed by atoms with E-state index in [0.29, 0.717) is 24.2 Å². The van der Waals surface area contributed by atoms with Gasteiger partial charge in [0, 0.05) is 26.1 Å². The first-order chi connectivity index (χ1) is 26.5. The molecule has 7 N–H and O–H groups in total. The number of hydrogen-bond donors (Lipinski definition) is 7. The average Bonchev–Trinajstić information content (AvgIpc) is 3.46. The van der Waals surface area contributed by atoms with Crippen LogP contribution in [-0.4, -0.2) is 160 Å². The fourth-order valence-corrected chi connectivity index (χ4v) is 12.2. The van der Waals surface area contributed by atoms with Crippen molar-refractivity contribution in [1.29, 1.82) is 0 Å². The van der Waals surface area contributed by atoms with Crippen LogP contribution in [0.1, 0.15) is 86.0 Å². The lowest BCUT2D eigenvalue weighted by atomic mass is 9.46. The summed E-state index contributed by atoms with van der Waals surface area (Å²) < 4.78 is 48.0. The second-order valence-corrected chi connectivity index (χ2v) is 18.5. The lowest BCUT2D eigenvalue weighted by Gasteiger charge is -2.60. The minimum absolute atomic E-state index is 0.0729. The summed E-state index contributed by atoms with van der Waals surface area (Å²) in [5.74, 6) is 1.37. The van der Waals surface area contributed by atoms with Gasteiger partial charge in [-0.05, 0) is 94.8 Å². The third kappa shape index (κ3) is 7.25. The van der Waals surface area contributed by atoms with E-state index in [1.165, 1.54) is 7.11 Å². The summed E-state index contributed by atoms with van der Waals surface area (Å²) in [5.41, 5.74) is -1.40. The molecule has 3 saturated heterocycles. The third-order valence-corrected chi connectivity index (χ3v) is 15.8. The number of methoxy groups -OCH3 is 2. The zero-order valence-electron chi connectivity index (χ0n) is 34.0. The fraction of sp³-hybridized carbons (Fsp3) is 0.951. The van der Waals surface area contributed by atoms with Crippen LogP contribution in [0.3, 0.4) is 0 Å². The Hall–Kier alpha value is -0.860. The van der Waals surface area contributed by atoms with Crippen molar-refractivity contribution in [2.45, 2.75) is 190 Å². The number of fused-ring (bicyclic) bond motifs is 5. The highest BCUT2D eigenvalue weighted by Gasteiger charge is 2.66. The maximum absolute atomic E-state index is 12.7. The van der Waals surface area contributed by atoms with Crippen molar-refractivity contribution in [1.82, 2.24) is 0 Å². The van der Waals surface area contributed by atoms with E-state index in [-0.39, 0.29) is 29.3 Å². The summed E-state index contributed by atoms with van der Waals surface area (Å²) in [6, 6.07) is 0. The molecule has 0 aromatic carbocycles. The first kappa shape index (κ1) is 43.2. The first-order valence-electron chi connectivity index (χ1n) is 20.9. The van der Waals surface area contributed by atoms with Crippen molar-refractivity contribution < 1.29 is 73.6 Å². The molecule has 23 atom stereocenters. The third-order valence-electron chi connectivity index (χ3n) is 15.8. The standard InChI is InChI=1S/C41H68O15/c1-19-30(43)36(50-7)34(47)38(52-19)54-23-10-13-39(4)22(16-23)8-9-24-25(39)11-14-40(5)26(24)12-15-41(40,48)21(3)53-29-17-27(49-6)35(20(2)51-29)56-37-33(46)32(45)31(44)28(18-42)55-37/h8-9,19-38,42-48H,10-18H2,1-7H3/t19-,20-,21+,22+,23+,24-,25+,26+,27-,28-,29+,30+,31-,32+,33-,34-,35-,36+,37+,38+,39+,40+,41+/m1/s1. The van der Waals surface area contributed by atoms with Crippen molar-refractivity contribution in [2.24, 2.45) is 34.5 Å². The summed E-state index contributed by atoms with van der Waals surface area (Å²) in [7, 11) is 3.02. The van der Waals surface area contributed by atoms with Crippen LogP contribution in [-0.2, 0) is 37.9 Å². The number of allylic oxidation sites excluding steroid dienone is 2. The van der Waals surface area contributed by atoms with E-state index in [0.717, 1.165) is 38.5 Å². The van der Waals surface area contributed by atoms with Gasteiger partial charge in [0.1, 0.15) is 48.8 Å². The minimum atomic E-state index is -1.57. The molecule has 0 aromatic heterocycles. The zero-order chi connectivity index (χ0) is 40.5. The van der Waals surface area contributed by atoms with Crippen molar-refractivity contribution >= 4 is 0 Å². The molecule has 7 aliphatic rings. The van der Waals surface area contributed by atoms with Gasteiger partial charge in [-0.1, -0.05) is 26.0 Å². The summed E-state index contributed by atoms with van der Waals surface area (Å²) in [6.07, 6.45) is -3.32. The molecule has 56 heavy (non-hydrogen) atoms. The predicted octanol–water partition coefficient (Wildman–Crippen LogP) is 1.14. The molecule has 0 spiro atoms. The minimum Gasteiger partial charge on any atom is -0.394 e. The number of aliphatic hydroxyl groups is 7. The Labute approximate surface area is 330 Å². The molecule has 3 aliphatic heterocycles. The SMILES string of the molecule is CO[C@H]1[C@@H](O)[C@@H](C)O[C@@H](O[C@H]2CC[C@@]3(C)[C@@H](C=C[C@@H]4[C@@H]3CC[C@@]3(C)[C@H]4CC[C@]3(O)[C@H](C)O[C@H]3C[C@@H](OC)[C@H](O[C@@H]4O[C@H](CO)[C@@H](O)[C@H](O)[C@H]4O)[C@@H](C)O3)C2)[C@@H]1O. The topological polar surface area (TPSA) is 215 Å². The molecule has 7 rings (SSSR count). The molecule has 0 amide bonds. The molecule has 322 valence electrons. The second-order valence-electron chi connectivity index (χ2n) is 18.5. The van der Waals surface area contributed by atoms with Crippen LogP contribution in [0, 0.1) is 34.5 Å². The fourth-order valence-electron chi connectivity index (χ4n) is 12.2. The largest absolute Gasteiger partial charge is 0.394 e. The molecule has 0 unspecified atom stereocenters. The predicted molar refractivity (Wildman–Crippen MR) is 198 cm³/mol. The smallest absolute Gasteiger partial charge is 0.187 e. The zero-order valence-corrected chi connectivity index (χ0v) is 34.0. The van der Waals surface area contributed by atoms with E-state index in [1.54, 1.807) is 21.0 Å². The van der Waals surface area contributed by atoms with Gasteiger partial charge in [-0.3, -0.25) is 0 Å². The van der Waals surface area contributed by atoms with Crippen LogP contribution in [0.15, 0.2) is 12.2 Å². The van der Waals surface area contributed by atoms with Gasteiger partial charge in [-0.15, -0.1) is 0 Å². The van der Waals surface area contributed by atoms with E-state index in [2.05, 4.69) is 26.0 Å². The molecule has 6 fully saturated rings. The van der Waals surface area contributed by atoms with Crippen LogP contribution in [0.5, 0.6) is 0 Å². The molecule has 15 heteroatoms. The average molecular weight is 801 g/mol. The van der Waals surface area contributed by atoms with Crippen LogP contribution >= 0.6 is 0 Å². The lowest BCUT2D eigenvalue weighted by molar-refractivity contribution is -0.348. The molecule has 3 saturated carbocycles. The monoisotopic (exact) mass is 800 g/mol. The Balaban J connectivity index is 0.981. The van der Waals surface area contributed by atoms with Gasteiger partial charge < -0.3 is 73.6 Å². The summed E-state index contributed by atoms with van der Waals surface area (Å²) in [6.45, 7) is 9.59. The molecule has 15 nitrogen and oxygen atoms in total. The molecule has 3 heterocycles. The van der Waals surface area contributed by atoms with Gasteiger partial charge in [-0.25, -0.2) is 0 Å². The Morgan fingerprint density at radius 2 is 1.45 bits per heavy atom. The van der Waals surface area contributed by atoms with E-state index in [1.807, 2.05) is 6.92 Å². The van der Waals surface area contributed by atoms with E-state index >= 15 is 0 Å². The van der Waals surface area contributed by atoms with Gasteiger partial charge in [0.05, 0.1) is 42.7 Å². The van der Waals surface area contributed by atoms with Crippen LogP contribution in [0.4, 0.5) is 0 Å². The van der Waals surface area contributed by atoms with Crippen molar-refractivity contribution in [3.8, 4) is 0 Å². The van der Waals surface area contributed by atoms with E-state index < -0.39 is 104 Å². The second kappa shape index (κ2) is 16.5. The Morgan fingerprint density at radius 3 is 2.14 bits per heavy atom. The highest BCUT2D eigenvalue weighted by Crippen LogP contribution is 2.67. The van der Waals surface area contributed by atoms with Crippen LogP contribution in [0.2, 0.25) is 0 Å². The first-order valence-corrected chi connectivity index (χ1v) is 20.9. The summed E-state index contributed by atoms with van der Waals surface area (Å²) in [4.78, 5) is 0. The Bertz CT molecular complexity index is 1370. The maximum Gasteiger partial charge on any atom is 0.187 e. The highest BCUT2D eigenvalue weighted by atomic mass is 16.7. The quantitative estimate of drug-likeness (QED) is 0.154. The van der Waals surface area contributed by atoms with Crippen molar-refractivity contribution in [3.05, 3.63) is 12.2 Å². The van der Waals surface area contributed by atoms with Gasteiger partial charge in [0.15, 0.2) is 18.9 Å². The van der Waals surface area contributed by atoms with Crippen molar-refractivity contribution in [2.75, 3.05) is 20.8 Å². The molecule has 0 bridgehead atoms. The number of ether oxygens (including phenoxy) is 8. The van der Waals surface area contributed by atoms with Crippen LogP contribution in [0.25, 0.3) is 0 Å². The highest BCUT2D eigenvalue weighted by molar-refractivity contribution is 5.21. The summed E-state index contributed by atoms with van der Waals surface area (Å²) in [5, 5.41) is 74.6. The number of hydrogen-bond acceptors (Lipinski definition) is 15. The summed E-state index contributed by atoms with van der Waals surface area (Å²) >= 11 is 0. The molecule has 4 aliphatic carbocycles.